The number of primary amides is 1. The second kappa shape index (κ2) is 7.94. The summed E-state index contributed by atoms with van der Waals surface area (Å²) in [5.74, 6) is -1.83. The van der Waals surface area contributed by atoms with Gasteiger partial charge in [0.1, 0.15) is 11.9 Å². The molecule has 0 aliphatic carbocycles. The van der Waals surface area contributed by atoms with Crippen LogP contribution < -0.4 is 26.5 Å². The number of carbonyl (C=O) groups is 1. The third kappa shape index (κ3) is 3.05. The van der Waals surface area contributed by atoms with Gasteiger partial charge in [-0.3, -0.25) is 9.59 Å². The third-order valence-electron chi connectivity index (χ3n) is 5.58. The molecule has 6 N–H and O–H groups in total. The van der Waals surface area contributed by atoms with Gasteiger partial charge in [0.2, 0.25) is 5.91 Å². The molecule has 1 aliphatic heterocycles. The highest BCUT2D eigenvalue weighted by molar-refractivity contribution is 6.34. The number of methoxy groups -OCH3 is 1. The number of aromatic nitrogens is 1. The van der Waals surface area contributed by atoms with Gasteiger partial charge < -0.3 is 31.0 Å². The van der Waals surface area contributed by atoms with E-state index in [0.29, 0.717) is 0 Å². The lowest BCUT2D eigenvalue weighted by Crippen LogP contribution is -2.46. The highest BCUT2D eigenvalue weighted by Gasteiger charge is 2.51. The Morgan fingerprint density at radius 2 is 2.06 bits per heavy atom. The first-order valence-corrected chi connectivity index (χ1v) is 9.89. The van der Waals surface area contributed by atoms with Crippen molar-refractivity contribution < 1.29 is 23.8 Å². The highest BCUT2D eigenvalue weighted by atomic mass is 35.5. The Hall–Kier alpha value is -3.40. The SMILES string of the molecule is COc1ccc(C(N)=O)c(-c2c(Cl)ccc3c2C(O)C(CN)(c2ccc[nH]c2=O)O3)c1F. The van der Waals surface area contributed by atoms with Crippen molar-refractivity contribution in [3.63, 3.8) is 0 Å². The molecular weight excluding hydrogens is 441 g/mol. The fourth-order valence-corrected chi connectivity index (χ4v) is 4.32. The molecule has 0 radical (unpaired) electrons. The lowest BCUT2D eigenvalue weighted by Gasteiger charge is -2.30. The van der Waals surface area contributed by atoms with Gasteiger partial charge in [-0.2, -0.15) is 0 Å². The van der Waals surface area contributed by atoms with Crippen molar-refractivity contribution in [3.05, 3.63) is 80.5 Å². The van der Waals surface area contributed by atoms with E-state index < -0.39 is 29.0 Å². The maximum atomic E-state index is 15.4. The molecule has 0 fully saturated rings. The number of halogens is 2. The third-order valence-corrected chi connectivity index (χ3v) is 5.90. The molecule has 1 aromatic heterocycles. The van der Waals surface area contributed by atoms with Crippen molar-refractivity contribution in [2.75, 3.05) is 13.7 Å². The monoisotopic (exact) mass is 459 g/mol. The summed E-state index contributed by atoms with van der Waals surface area (Å²) in [5.41, 5.74) is 9.00. The van der Waals surface area contributed by atoms with Crippen LogP contribution in [-0.2, 0) is 5.60 Å². The molecule has 166 valence electrons. The molecule has 3 aromatic rings. The van der Waals surface area contributed by atoms with Gasteiger partial charge in [0.05, 0.1) is 18.2 Å². The molecule has 4 rings (SSSR count). The molecular formula is C22H19ClFN3O5. The van der Waals surface area contributed by atoms with E-state index in [1.807, 2.05) is 0 Å². The highest BCUT2D eigenvalue weighted by Crippen LogP contribution is 2.54. The Labute approximate surface area is 186 Å². The Balaban J connectivity index is 2.04. The van der Waals surface area contributed by atoms with Gasteiger partial charge in [0.15, 0.2) is 17.2 Å². The molecule has 2 heterocycles. The largest absolute Gasteiger partial charge is 0.494 e. The number of hydrogen-bond donors (Lipinski definition) is 4. The van der Waals surface area contributed by atoms with Gasteiger partial charge in [-0.1, -0.05) is 11.6 Å². The second-order valence-corrected chi connectivity index (χ2v) is 7.62. The minimum atomic E-state index is -1.67. The summed E-state index contributed by atoms with van der Waals surface area (Å²) in [6.45, 7) is -0.281. The first kappa shape index (κ1) is 21.8. The average molecular weight is 460 g/mol. The molecule has 10 heteroatoms. The molecule has 2 aromatic carbocycles. The van der Waals surface area contributed by atoms with E-state index in [-0.39, 0.29) is 50.9 Å². The Morgan fingerprint density at radius 3 is 2.69 bits per heavy atom. The zero-order chi connectivity index (χ0) is 23.2. The lowest BCUT2D eigenvalue weighted by molar-refractivity contribution is -0.0266. The van der Waals surface area contributed by atoms with E-state index in [1.165, 1.54) is 43.6 Å². The lowest BCUT2D eigenvalue weighted by atomic mass is 9.83. The summed E-state index contributed by atoms with van der Waals surface area (Å²) in [5, 5.41) is 11.4. The van der Waals surface area contributed by atoms with Crippen LogP contribution in [0.2, 0.25) is 5.02 Å². The summed E-state index contributed by atoms with van der Waals surface area (Å²) in [7, 11) is 1.27. The molecule has 32 heavy (non-hydrogen) atoms. The number of nitrogens with two attached hydrogens (primary N) is 2. The van der Waals surface area contributed by atoms with Crippen LogP contribution in [0.4, 0.5) is 4.39 Å². The zero-order valence-corrected chi connectivity index (χ0v) is 17.6. The maximum absolute atomic E-state index is 15.4. The van der Waals surface area contributed by atoms with Crippen LogP contribution in [0.15, 0.2) is 47.4 Å². The number of pyridine rings is 1. The zero-order valence-electron chi connectivity index (χ0n) is 16.8. The topological polar surface area (TPSA) is 141 Å². The Bertz CT molecular complexity index is 1300. The number of amides is 1. The van der Waals surface area contributed by atoms with Crippen LogP contribution in [0, 0.1) is 5.82 Å². The predicted octanol–water partition coefficient (Wildman–Crippen LogP) is 2.22. The minimum absolute atomic E-state index is 0.00967. The number of carbonyl (C=O) groups excluding carboxylic acids is 1. The van der Waals surface area contributed by atoms with E-state index in [0.717, 1.165) is 0 Å². The molecule has 0 saturated carbocycles. The van der Waals surface area contributed by atoms with Crippen LogP contribution in [0.1, 0.15) is 27.6 Å². The van der Waals surface area contributed by atoms with Gasteiger partial charge in [-0.15, -0.1) is 0 Å². The average Bonchev–Trinajstić information content (AvgIpc) is 3.07. The number of aliphatic hydroxyl groups excluding tert-OH is 1. The van der Waals surface area contributed by atoms with Gasteiger partial charge in [0, 0.05) is 34.5 Å². The predicted molar refractivity (Wildman–Crippen MR) is 115 cm³/mol. The van der Waals surface area contributed by atoms with Gasteiger partial charge in [0.25, 0.3) is 5.56 Å². The van der Waals surface area contributed by atoms with Crippen molar-refractivity contribution >= 4 is 17.5 Å². The molecule has 0 saturated heterocycles. The van der Waals surface area contributed by atoms with E-state index in [9.17, 15) is 14.7 Å². The number of rotatable bonds is 5. The van der Waals surface area contributed by atoms with Crippen LogP contribution in [-0.4, -0.2) is 29.7 Å². The summed E-state index contributed by atoms with van der Waals surface area (Å²) < 4.78 is 26.5. The van der Waals surface area contributed by atoms with Crippen molar-refractivity contribution in [2.45, 2.75) is 11.7 Å². The van der Waals surface area contributed by atoms with Crippen LogP contribution in [0.5, 0.6) is 11.5 Å². The number of H-pyrrole nitrogens is 1. The Kier molecular flexibility index (Phi) is 5.41. The normalized spacial score (nSPS) is 19.3. The van der Waals surface area contributed by atoms with Gasteiger partial charge >= 0.3 is 0 Å². The van der Waals surface area contributed by atoms with Crippen molar-refractivity contribution in [1.82, 2.24) is 4.98 Å². The molecule has 0 spiro atoms. The Morgan fingerprint density at radius 1 is 1.31 bits per heavy atom. The molecule has 1 aliphatic rings. The molecule has 0 bridgehead atoms. The van der Waals surface area contributed by atoms with E-state index >= 15 is 4.39 Å². The van der Waals surface area contributed by atoms with E-state index in [1.54, 1.807) is 6.07 Å². The smallest absolute Gasteiger partial charge is 0.255 e. The summed E-state index contributed by atoms with van der Waals surface area (Å²) in [6.07, 6.45) is -0.0940. The van der Waals surface area contributed by atoms with Crippen molar-refractivity contribution in [1.29, 1.82) is 0 Å². The van der Waals surface area contributed by atoms with E-state index in [4.69, 9.17) is 32.5 Å². The fraction of sp³-hybridized carbons (Fsp3) is 0.182. The molecule has 2 atom stereocenters. The standard InChI is InChI=1S/C22H19ClFN3O5/c1-31-14-6-4-10(20(26)29)15(18(14)24)16-12(23)5-7-13-17(16)19(28)22(9-25,32-13)11-3-2-8-27-21(11)30/h2-8,19,28H,9,25H2,1H3,(H2,26,29)(H,27,30). The van der Waals surface area contributed by atoms with Crippen LogP contribution in [0.3, 0.4) is 0 Å². The molecule has 2 unspecified atom stereocenters. The molecule has 8 nitrogen and oxygen atoms in total. The first-order chi connectivity index (χ1) is 15.3. The number of aromatic amines is 1. The number of hydrogen-bond acceptors (Lipinski definition) is 6. The van der Waals surface area contributed by atoms with Crippen LogP contribution in [0.25, 0.3) is 11.1 Å². The van der Waals surface area contributed by atoms with Gasteiger partial charge in [-0.25, -0.2) is 4.39 Å². The quantitative estimate of drug-likeness (QED) is 0.461. The first-order valence-electron chi connectivity index (χ1n) is 9.51. The van der Waals surface area contributed by atoms with Crippen molar-refractivity contribution in [3.8, 4) is 22.6 Å². The maximum Gasteiger partial charge on any atom is 0.255 e. The van der Waals surface area contributed by atoms with Crippen molar-refractivity contribution in [2.24, 2.45) is 11.5 Å². The number of nitrogens with one attached hydrogen (secondary N) is 1. The summed E-state index contributed by atoms with van der Waals surface area (Å²) in [4.78, 5) is 27.1. The summed E-state index contributed by atoms with van der Waals surface area (Å²) >= 11 is 6.44. The number of benzene rings is 2. The minimum Gasteiger partial charge on any atom is -0.494 e. The molecule has 1 amide bonds. The van der Waals surface area contributed by atoms with Gasteiger partial charge in [-0.05, 0) is 36.4 Å². The van der Waals surface area contributed by atoms with Crippen LogP contribution >= 0.6 is 11.6 Å². The number of fused-ring (bicyclic) bond motifs is 1. The second-order valence-electron chi connectivity index (χ2n) is 7.21. The van der Waals surface area contributed by atoms with E-state index in [2.05, 4.69) is 4.98 Å². The summed E-state index contributed by atoms with van der Waals surface area (Å²) in [6, 6.07) is 8.50. The fourth-order valence-electron chi connectivity index (χ4n) is 4.06. The number of ether oxygens (including phenoxy) is 2. The number of aliphatic hydroxyl groups is 1.